The van der Waals surface area contributed by atoms with Crippen LogP contribution in [-0.2, 0) is 40.3 Å². The van der Waals surface area contributed by atoms with E-state index in [4.69, 9.17) is 19.6 Å². The first-order valence-corrected chi connectivity index (χ1v) is 17.8. The third kappa shape index (κ3) is 6.55. The molecule has 260 valence electrons. The number of ether oxygens (including phenoxy) is 2. The summed E-state index contributed by atoms with van der Waals surface area (Å²) in [6, 6.07) is 27.8. The first-order valence-electron chi connectivity index (χ1n) is 17.8. The molecule has 7 rings (SSSR count). The minimum Gasteiger partial charge on any atom is -0.509 e. The number of aromatic nitrogens is 4. The molecule has 0 bridgehead atoms. The summed E-state index contributed by atoms with van der Waals surface area (Å²) in [4.78, 5) is 4.70. The van der Waals surface area contributed by atoms with Gasteiger partial charge >= 0.3 is 21.1 Å². The van der Waals surface area contributed by atoms with Crippen molar-refractivity contribution in [2.24, 2.45) is 11.8 Å². The van der Waals surface area contributed by atoms with Crippen molar-refractivity contribution < 1.29 is 30.5 Å². The van der Waals surface area contributed by atoms with Crippen molar-refractivity contribution in [3.63, 3.8) is 0 Å². The molecule has 3 aromatic heterocycles. The summed E-state index contributed by atoms with van der Waals surface area (Å²) in [6.45, 7) is 13.7. The number of benzene rings is 3. The van der Waals surface area contributed by atoms with Crippen LogP contribution in [0.1, 0.15) is 82.8 Å². The van der Waals surface area contributed by atoms with E-state index in [9.17, 15) is 0 Å². The summed E-state index contributed by atoms with van der Waals surface area (Å²) in [6.07, 6.45) is 9.19. The standard InChI is InChI=1S/C43H46N4O2.Pt/c1-8-13-30-22-31(47-38(10-3)43(37(9-2)45-47)42-28(5)20-27(4)21-29(42)6)24-34(23-30)49-33-16-17-36-35-14-11-12-15-39(35)46(40(36)25-33)41-26-32(48-7)18-19-44-41;/h11-12,14-20,22-23,26-27,29,42H,8-10,13,21H2,1-7H3;/q-2;+2/t27-,29-,42?;/m0./s1. The summed E-state index contributed by atoms with van der Waals surface area (Å²) in [5, 5.41) is 7.49. The SMILES string of the molecule is CCCc1cc(Oc2[c-]c3c(cc2)c2ccccc2n3-c2cc(OC)ccn2)[c-]c(-n2nc(CC)c(C3C(C)=C[C@H](C)C[C@@H]3C)c2CC)c1.[Pt+2]. The van der Waals surface area contributed by atoms with Crippen molar-refractivity contribution in [1.82, 2.24) is 19.3 Å². The van der Waals surface area contributed by atoms with Gasteiger partial charge in [0.2, 0.25) is 0 Å². The van der Waals surface area contributed by atoms with Crippen molar-refractivity contribution in [2.45, 2.75) is 79.6 Å². The second-order valence-corrected chi connectivity index (χ2v) is 13.6. The monoisotopic (exact) mass is 845 g/mol. The third-order valence-electron chi connectivity index (χ3n) is 10.0. The number of pyridine rings is 1. The van der Waals surface area contributed by atoms with Gasteiger partial charge in [0.1, 0.15) is 11.6 Å². The van der Waals surface area contributed by atoms with Crippen molar-refractivity contribution in [3.05, 3.63) is 113 Å². The number of methoxy groups -OCH3 is 1. The Hall–Kier alpha value is -4.15. The van der Waals surface area contributed by atoms with Gasteiger partial charge in [-0.2, -0.15) is 16.7 Å². The number of rotatable bonds is 10. The van der Waals surface area contributed by atoms with Gasteiger partial charge in [0.15, 0.2) is 0 Å². The van der Waals surface area contributed by atoms with Crippen LogP contribution in [0.2, 0.25) is 0 Å². The van der Waals surface area contributed by atoms with Gasteiger partial charge in [-0.3, -0.25) is 4.68 Å². The molecule has 0 N–H and O–H groups in total. The molecule has 0 saturated carbocycles. The van der Waals surface area contributed by atoms with Gasteiger partial charge in [-0.05, 0) is 61.2 Å². The summed E-state index contributed by atoms with van der Waals surface area (Å²) in [5.74, 6) is 4.35. The molecule has 3 aromatic carbocycles. The molecule has 7 heteroatoms. The fourth-order valence-corrected chi connectivity index (χ4v) is 8.10. The molecule has 0 amide bonds. The molecular weight excluding hydrogens is 800 g/mol. The van der Waals surface area contributed by atoms with Gasteiger partial charge in [0.25, 0.3) is 0 Å². The number of allylic oxidation sites excluding steroid dienone is 2. The molecule has 3 heterocycles. The van der Waals surface area contributed by atoms with Gasteiger partial charge in [0.05, 0.1) is 12.8 Å². The van der Waals surface area contributed by atoms with E-state index < -0.39 is 0 Å². The smallest absolute Gasteiger partial charge is 0.509 e. The molecule has 0 aliphatic heterocycles. The van der Waals surface area contributed by atoms with Gasteiger partial charge in [0, 0.05) is 46.5 Å². The van der Waals surface area contributed by atoms with Crippen molar-refractivity contribution >= 4 is 21.8 Å². The molecule has 3 atom stereocenters. The van der Waals surface area contributed by atoms with Crippen molar-refractivity contribution in [2.75, 3.05) is 7.11 Å². The van der Waals surface area contributed by atoms with Crippen LogP contribution in [0.5, 0.6) is 17.2 Å². The predicted molar refractivity (Wildman–Crippen MR) is 199 cm³/mol. The van der Waals surface area contributed by atoms with Gasteiger partial charge in [-0.15, -0.1) is 35.7 Å². The summed E-state index contributed by atoms with van der Waals surface area (Å²) in [7, 11) is 1.67. The van der Waals surface area contributed by atoms with Crippen LogP contribution in [0.4, 0.5) is 0 Å². The van der Waals surface area contributed by atoms with Crippen molar-refractivity contribution in [1.29, 1.82) is 0 Å². The zero-order valence-electron chi connectivity index (χ0n) is 30.1. The minimum absolute atomic E-state index is 0. The summed E-state index contributed by atoms with van der Waals surface area (Å²) >= 11 is 0. The number of aryl methyl sites for hydroxylation is 2. The quantitative estimate of drug-likeness (QED) is 0.102. The maximum absolute atomic E-state index is 6.65. The van der Waals surface area contributed by atoms with E-state index >= 15 is 0 Å². The van der Waals surface area contributed by atoms with Crippen LogP contribution >= 0.6 is 0 Å². The molecule has 1 aliphatic carbocycles. The molecule has 50 heavy (non-hydrogen) atoms. The van der Waals surface area contributed by atoms with Crippen LogP contribution in [0.15, 0.2) is 78.5 Å². The molecule has 6 aromatic rings. The van der Waals surface area contributed by atoms with Crippen molar-refractivity contribution in [3.8, 4) is 28.8 Å². The zero-order chi connectivity index (χ0) is 34.2. The summed E-state index contributed by atoms with van der Waals surface area (Å²) < 4.78 is 16.5. The average molecular weight is 846 g/mol. The van der Waals surface area contributed by atoms with E-state index in [0.29, 0.717) is 29.3 Å². The van der Waals surface area contributed by atoms with Gasteiger partial charge in [-0.1, -0.05) is 82.8 Å². The van der Waals surface area contributed by atoms with E-state index in [1.807, 2.05) is 24.3 Å². The summed E-state index contributed by atoms with van der Waals surface area (Å²) in [5.41, 5.74) is 9.40. The largest absolute Gasteiger partial charge is 2.00 e. The second-order valence-electron chi connectivity index (χ2n) is 13.6. The number of hydrogen-bond acceptors (Lipinski definition) is 4. The Balaban J connectivity index is 0.00000432. The molecule has 1 aliphatic rings. The van der Waals surface area contributed by atoms with E-state index in [1.165, 1.54) is 34.5 Å². The fraction of sp³-hybridized carbons (Fsp3) is 0.349. The molecule has 1 unspecified atom stereocenters. The number of fused-ring (bicyclic) bond motifs is 3. The van der Waals surface area contributed by atoms with Crippen LogP contribution in [0.25, 0.3) is 33.3 Å². The first kappa shape index (κ1) is 35.7. The Kier molecular flexibility index (Phi) is 10.7. The molecule has 0 saturated heterocycles. The Morgan fingerprint density at radius 3 is 2.48 bits per heavy atom. The molecule has 6 nitrogen and oxygen atoms in total. The van der Waals surface area contributed by atoms with Crippen LogP contribution in [0.3, 0.4) is 0 Å². The van der Waals surface area contributed by atoms with E-state index in [2.05, 4.69) is 105 Å². The minimum atomic E-state index is 0. The molecule has 0 fully saturated rings. The Morgan fingerprint density at radius 2 is 1.74 bits per heavy atom. The van der Waals surface area contributed by atoms with Gasteiger partial charge < -0.3 is 14.0 Å². The predicted octanol–water partition coefficient (Wildman–Crippen LogP) is 10.5. The maximum Gasteiger partial charge on any atom is 2.00 e. The normalized spacial score (nSPS) is 17.5. The first-order chi connectivity index (χ1) is 23.8. The molecular formula is C43H46N4O2Pt. The van der Waals surface area contributed by atoms with E-state index in [-0.39, 0.29) is 21.1 Å². The van der Waals surface area contributed by atoms with Crippen LogP contribution < -0.4 is 9.47 Å². The average Bonchev–Trinajstić information content (AvgIpc) is 3.63. The van der Waals surface area contributed by atoms with Crippen LogP contribution in [0, 0.1) is 24.0 Å². The zero-order valence-corrected chi connectivity index (χ0v) is 32.4. The Morgan fingerprint density at radius 1 is 0.920 bits per heavy atom. The maximum atomic E-state index is 6.65. The van der Waals surface area contributed by atoms with Gasteiger partial charge in [-0.25, -0.2) is 4.98 Å². The van der Waals surface area contributed by atoms with Crippen LogP contribution in [-0.4, -0.2) is 26.4 Å². The van der Waals surface area contributed by atoms with E-state index in [1.54, 1.807) is 13.3 Å². The Labute approximate surface area is 310 Å². The Bertz CT molecular complexity index is 2180. The topological polar surface area (TPSA) is 54.1 Å². The van der Waals surface area contributed by atoms with E-state index in [0.717, 1.165) is 64.7 Å². The number of hydrogen-bond donors (Lipinski definition) is 0. The fourth-order valence-electron chi connectivity index (χ4n) is 8.10. The molecule has 0 radical (unpaired) electrons. The third-order valence-corrected chi connectivity index (χ3v) is 10.0. The molecule has 0 spiro atoms. The second kappa shape index (κ2) is 15.0. The number of nitrogens with zero attached hydrogens (tertiary/aromatic N) is 4. The number of para-hydroxylation sites is 1.